The summed E-state index contributed by atoms with van der Waals surface area (Å²) in [5.74, 6) is -0.208. The van der Waals surface area contributed by atoms with Crippen LogP contribution in [0.15, 0.2) is 41.3 Å². The molecule has 0 atom stereocenters. The molecule has 0 saturated carbocycles. The molecule has 4 rings (SSSR count). The third-order valence-corrected chi connectivity index (χ3v) is 8.77. The lowest BCUT2D eigenvalue weighted by Crippen LogP contribution is -2.47. The van der Waals surface area contributed by atoms with E-state index in [9.17, 15) is 18.0 Å². The van der Waals surface area contributed by atoms with E-state index in [1.807, 2.05) is 25.1 Å². The van der Waals surface area contributed by atoms with Gasteiger partial charge in [0.15, 0.2) is 0 Å². The fourth-order valence-corrected chi connectivity index (χ4v) is 6.60. The molecule has 2 aliphatic heterocycles. The standard InChI is InChI=1S/C27H36N4O5S/c1-4-30-15-14-22-23(18-30)25(11-10-24(22)28-26(32)21-9-7-6-8-19(21)3)37(34,35)29-20-12-16-31(17-13-20)27(33)36-5-2/h6-11,20,29H,4-5,12-18H2,1-3H3,(H,28,32). The number of anilines is 1. The number of ether oxygens (including phenoxy) is 1. The van der Waals surface area contributed by atoms with Gasteiger partial charge >= 0.3 is 6.09 Å². The number of likely N-dealkylation sites (tertiary alicyclic amines) is 1. The largest absolute Gasteiger partial charge is 0.450 e. The van der Waals surface area contributed by atoms with Gasteiger partial charge in [-0.15, -0.1) is 0 Å². The number of benzene rings is 2. The lowest BCUT2D eigenvalue weighted by atomic mass is 9.97. The van der Waals surface area contributed by atoms with Crippen molar-refractivity contribution < 1.29 is 22.7 Å². The van der Waals surface area contributed by atoms with Gasteiger partial charge in [-0.25, -0.2) is 17.9 Å². The van der Waals surface area contributed by atoms with Crippen LogP contribution in [0.4, 0.5) is 10.5 Å². The van der Waals surface area contributed by atoms with Crippen molar-refractivity contribution in [2.24, 2.45) is 0 Å². The first-order valence-electron chi connectivity index (χ1n) is 12.9. The van der Waals surface area contributed by atoms with Crippen LogP contribution in [0, 0.1) is 6.92 Å². The minimum absolute atomic E-state index is 0.208. The number of hydrogen-bond donors (Lipinski definition) is 2. The molecule has 1 saturated heterocycles. The van der Waals surface area contributed by atoms with Crippen molar-refractivity contribution in [1.29, 1.82) is 0 Å². The predicted octanol–water partition coefficient (Wildman–Crippen LogP) is 3.52. The highest BCUT2D eigenvalue weighted by molar-refractivity contribution is 7.89. The molecule has 200 valence electrons. The Morgan fingerprint density at radius 3 is 2.43 bits per heavy atom. The Labute approximate surface area is 219 Å². The minimum atomic E-state index is -3.81. The van der Waals surface area contributed by atoms with Gasteiger partial charge < -0.3 is 15.0 Å². The van der Waals surface area contributed by atoms with Crippen molar-refractivity contribution in [2.75, 3.05) is 38.1 Å². The number of piperidine rings is 1. The molecule has 10 heteroatoms. The summed E-state index contributed by atoms with van der Waals surface area (Å²) in [6.07, 6.45) is 1.33. The molecular weight excluding hydrogens is 492 g/mol. The molecule has 9 nitrogen and oxygen atoms in total. The second kappa shape index (κ2) is 11.6. The maximum absolute atomic E-state index is 13.6. The fraction of sp³-hybridized carbons (Fsp3) is 0.481. The zero-order valence-electron chi connectivity index (χ0n) is 21.7. The number of nitrogens with one attached hydrogen (secondary N) is 2. The first-order chi connectivity index (χ1) is 17.7. The Hall–Kier alpha value is -2.95. The van der Waals surface area contributed by atoms with E-state index in [0.717, 1.165) is 29.8 Å². The van der Waals surface area contributed by atoms with Crippen LogP contribution >= 0.6 is 0 Å². The number of rotatable bonds is 7. The molecular formula is C27H36N4O5S. The van der Waals surface area contributed by atoms with E-state index in [0.29, 0.717) is 56.8 Å². The van der Waals surface area contributed by atoms with Crippen LogP contribution < -0.4 is 10.0 Å². The lowest BCUT2D eigenvalue weighted by Gasteiger charge is -2.33. The fourth-order valence-electron chi connectivity index (χ4n) is 5.04. The van der Waals surface area contributed by atoms with Crippen LogP contribution in [0.25, 0.3) is 0 Å². The lowest BCUT2D eigenvalue weighted by molar-refractivity contribution is 0.0964. The molecule has 2 amide bonds. The van der Waals surface area contributed by atoms with Gasteiger partial charge in [-0.2, -0.15) is 0 Å². The van der Waals surface area contributed by atoms with Crippen molar-refractivity contribution in [3.05, 3.63) is 58.7 Å². The zero-order chi connectivity index (χ0) is 26.6. The van der Waals surface area contributed by atoms with Gasteiger partial charge in [0.2, 0.25) is 10.0 Å². The van der Waals surface area contributed by atoms with Gasteiger partial charge in [0.05, 0.1) is 11.5 Å². The van der Waals surface area contributed by atoms with Gasteiger partial charge in [-0.3, -0.25) is 9.69 Å². The zero-order valence-corrected chi connectivity index (χ0v) is 22.6. The molecule has 2 heterocycles. The Balaban J connectivity index is 1.56. The van der Waals surface area contributed by atoms with Crippen molar-refractivity contribution in [3.63, 3.8) is 0 Å². The number of nitrogens with zero attached hydrogens (tertiary/aromatic N) is 2. The maximum atomic E-state index is 13.6. The Morgan fingerprint density at radius 2 is 1.76 bits per heavy atom. The second-order valence-electron chi connectivity index (χ2n) is 9.54. The van der Waals surface area contributed by atoms with Crippen molar-refractivity contribution in [3.8, 4) is 0 Å². The number of sulfonamides is 1. The van der Waals surface area contributed by atoms with E-state index in [2.05, 4.69) is 21.9 Å². The maximum Gasteiger partial charge on any atom is 0.409 e. The normalized spacial score (nSPS) is 16.8. The van der Waals surface area contributed by atoms with E-state index in [-0.39, 0.29) is 22.9 Å². The Kier molecular flexibility index (Phi) is 8.51. The average Bonchev–Trinajstić information content (AvgIpc) is 2.88. The van der Waals surface area contributed by atoms with E-state index < -0.39 is 10.0 Å². The molecule has 0 aromatic heterocycles. The van der Waals surface area contributed by atoms with Gasteiger partial charge in [0.1, 0.15) is 0 Å². The molecule has 2 aromatic rings. The van der Waals surface area contributed by atoms with Gasteiger partial charge in [0.25, 0.3) is 5.91 Å². The molecule has 0 unspecified atom stereocenters. The highest BCUT2D eigenvalue weighted by Crippen LogP contribution is 2.32. The quantitative estimate of drug-likeness (QED) is 0.569. The summed E-state index contributed by atoms with van der Waals surface area (Å²) in [6.45, 7) is 9.00. The first kappa shape index (κ1) is 27.1. The number of likely N-dealkylation sites (N-methyl/N-ethyl adjacent to an activating group) is 1. The summed E-state index contributed by atoms with van der Waals surface area (Å²) in [7, 11) is -3.81. The van der Waals surface area contributed by atoms with Gasteiger partial charge in [0, 0.05) is 43.5 Å². The SMILES string of the molecule is CCOC(=O)N1CCC(NS(=O)(=O)c2ccc(NC(=O)c3ccccc3C)c3c2CN(CC)CC3)CC1. The number of carbonyl (C=O) groups excluding carboxylic acids is 2. The van der Waals surface area contributed by atoms with E-state index in [1.54, 1.807) is 30.0 Å². The minimum Gasteiger partial charge on any atom is -0.450 e. The van der Waals surface area contributed by atoms with Crippen LogP contribution in [0.2, 0.25) is 0 Å². The third-order valence-electron chi connectivity index (χ3n) is 7.17. The monoisotopic (exact) mass is 528 g/mol. The molecule has 1 fully saturated rings. The topological polar surface area (TPSA) is 108 Å². The highest BCUT2D eigenvalue weighted by atomic mass is 32.2. The van der Waals surface area contributed by atoms with Crippen LogP contribution in [-0.2, 0) is 27.7 Å². The van der Waals surface area contributed by atoms with Crippen LogP contribution in [0.5, 0.6) is 0 Å². The smallest absolute Gasteiger partial charge is 0.409 e. The number of amides is 2. The summed E-state index contributed by atoms with van der Waals surface area (Å²) in [4.78, 5) is 29.1. The summed E-state index contributed by atoms with van der Waals surface area (Å²) in [6, 6.07) is 10.4. The Bertz CT molecular complexity index is 1260. The van der Waals surface area contributed by atoms with Crippen LogP contribution in [-0.4, -0.2) is 69.0 Å². The number of fused-ring (bicyclic) bond motifs is 1. The van der Waals surface area contributed by atoms with Crippen LogP contribution in [0.1, 0.15) is 53.7 Å². The molecule has 0 bridgehead atoms. The summed E-state index contributed by atoms with van der Waals surface area (Å²) in [5, 5.41) is 3.02. The van der Waals surface area contributed by atoms with Crippen molar-refractivity contribution in [1.82, 2.24) is 14.5 Å². The molecule has 2 aromatic carbocycles. The molecule has 2 N–H and O–H groups in total. The van der Waals surface area contributed by atoms with Gasteiger partial charge in [-0.05, 0) is 74.5 Å². The summed E-state index contributed by atoms with van der Waals surface area (Å²) >= 11 is 0. The molecule has 2 aliphatic rings. The second-order valence-corrected chi connectivity index (χ2v) is 11.2. The third kappa shape index (κ3) is 6.14. The van der Waals surface area contributed by atoms with E-state index in [4.69, 9.17) is 4.74 Å². The average molecular weight is 529 g/mol. The molecule has 0 radical (unpaired) electrons. The number of hydrogen-bond acceptors (Lipinski definition) is 6. The highest BCUT2D eigenvalue weighted by Gasteiger charge is 2.31. The number of aryl methyl sites for hydroxylation is 1. The number of carbonyl (C=O) groups is 2. The summed E-state index contributed by atoms with van der Waals surface area (Å²) in [5.41, 5.74) is 3.72. The Morgan fingerprint density at radius 1 is 1.03 bits per heavy atom. The van der Waals surface area contributed by atoms with E-state index in [1.165, 1.54) is 0 Å². The first-order valence-corrected chi connectivity index (χ1v) is 14.4. The predicted molar refractivity (Wildman–Crippen MR) is 142 cm³/mol. The van der Waals surface area contributed by atoms with Crippen molar-refractivity contribution >= 4 is 27.7 Å². The van der Waals surface area contributed by atoms with Crippen molar-refractivity contribution in [2.45, 2.75) is 57.5 Å². The van der Waals surface area contributed by atoms with E-state index >= 15 is 0 Å². The molecule has 0 aliphatic carbocycles. The summed E-state index contributed by atoms with van der Waals surface area (Å²) < 4.78 is 35.0. The van der Waals surface area contributed by atoms with Crippen LogP contribution in [0.3, 0.4) is 0 Å². The molecule has 37 heavy (non-hydrogen) atoms. The van der Waals surface area contributed by atoms with Gasteiger partial charge in [-0.1, -0.05) is 25.1 Å². The molecule has 0 spiro atoms.